The van der Waals surface area contributed by atoms with E-state index in [9.17, 15) is 9.59 Å². The quantitative estimate of drug-likeness (QED) is 0.759. The highest BCUT2D eigenvalue weighted by Crippen LogP contribution is 2.22. The smallest absolute Gasteiger partial charge is 0.312 e. The Hall–Kier alpha value is -1.75. The summed E-state index contributed by atoms with van der Waals surface area (Å²) in [4.78, 5) is 31.0. The fraction of sp³-hybridized carbons (Fsp3) is 0.579. The third-order valence-corrected chi connectivity index (χ3v) is 5.52. The molecule has 136 valence electrons. The van der Waals surface area contributed by atoms with E-state index in [2.05, 4.69) is 11.8 Å². The van der Waals surface area contributed by atoms with Gasteiger partial charge in [-0.05, 0) is 43.9 Å². The van der Waals surface area contributed by atoms with Gasteiger partial charge in [-0.1, -0.05) is 24.6 Å². The summed E-state index contributed by atoms with van der Waals surface area (Å²) >= 11 is 6.06. The van der Waals surface area contributed by atoms with Gasteiger partial charge in [-0.15, -0.1) is 0 Å². The highest BCUT2D eigenvalue weighted by Gasteiger charge is 2.33. The lowest BCUT2D eigenvalue weighted by Crippen LogP contribution is -2.55. The zero-order chi connectivity index (χ0) is 17.8. The lowest BCUT2D eigenvalue weighted by molar-refractivity contribution is -0.154. The maximum absolute atomic E-state index is 12.7. The van der Waals surface area contributed by atoms with Crippen LogP contribution in [0.5, 0.6) is 0 Å². The Morgan fingerprint density at radius 1 is 1.08 bits per heavy atom. The van der Waals surface area contributed by atoms with Crippen molar-refractivity contribution in [2.24, 2.45) is 0 Å². The third kappa shape index (κ3) is 4.09. The van der Waals surface area contributed by atoms with Crippen LogP contribution in [0.15, 0.2) is 24.3 Å². The van der Waals surface area contributed by atoms with Gasteiger partial charge in [0.2, 0.25) is 0 Å². The van der Waals surface area contributed by atoms with Crippen LogP contribution >= 0.6 is 11.6 Å². The van der Waals surface area contributed by atoms with Gasteiger partial charge in [-0.25, -0.2) is 0 Å². The van der Waals surface area contributed by atoms with Crippen LogP contribution < -0.4 is 4.90 Å². The second-order valence-corrected chi connectivity index (χ2v) is 7.25. The summed E-state index contributed by atoms with van der Waals surface area (Å²) in [6.07, 6.45) is 4.08. The zero-order valence-electron chi connectivity index (χ0n) is 14.8. The summed E-state index contributed by atoms with van der Waals surface area (Å²) in [5.41, 5.74) is 1.06. The van der Waals surface area contributed by atoms with Crippen LogP contribution in [0.3, 0.4) is 0 Å². The first kappa shape index (κ1) is 18.1. The number of likely N-dealkylation sites (tertiary alicyclic amines) is 1. The molecule has 3 rings (SSSR count). The van der Waals surface area contributed by atoms with Gasteiger partial charge in [0, 0.05) is 49.5 Å². The number of rotatable bonds is 2. The molecule has 5 nitrogen and oxygen atoms in total. The number of benzene rings is 1. The summed E-state index contributed by atoms with van der Waals surface area (Å²) in [6.45, 7) is 5.38. The van der Waals surface area contributed by atoms with E-state index in [4.69, 9.17) is 11.6 Å². The third-order valence-electron chi connectivity index (χ3n) is 5.28. The van der Waals surface area contributed by atoms with Crippen LogP contribution in [0.1, 0.15) is 32.6 Å². The lowest BCUT2D eigenvalue weighted by Gasteiger charge is -2.39. The molecule has 2 amide bonds. The van der Waals surface area contributed by atoms with E-state index in [0.29, 0.717) is 24.7 Å². The van der Waals surface area contributed by atoms with E-state index in [1.54, 1.807) is 9.80 Å². The number of piperazine rings is 1. The maximum atomic E-state index is 12.7. The van der Waals surface area contributed by atoms with E-state index >= 15 is 0 Å². The Balaban J connectivity index is 1.58. The molecule has 0 N–H and O–H groups in total. The molecule has 0 aliphatic carbocycles. The minimum Gasteiger partial charge on any atom is -0.368 e. The predicted molar refractivity (Wildman–Crippen MR) is 99.9 cm³/mol. The number of anilines is 1. The van der Waals surface area contributed by atoms with Gasteiger partial charge in [0.05, 0.1) is 0 Å². The summed E-state index contributed by atoms with van der Waals surface area (Å²) in [6, 6.07) is 7.96. The van der Waals surface area contributed by atoms with Gasteiger partial charge in [0.15, 0.2) is 0 Å². The molecule has 0 saturated carbocycles. The standard InChI is InChI=1S/C19H26ClN3O2/c1-2-16-7-3-4-9-23(16)19(25)18(24)22-12-10-21(11-13-22)17-8-5-6-15(20)14-17/h5-6,8,14,16H,2-4,7,9-13H2,1H3. The molecule has 0 radical (unpaired) electrons. The molecule has 2 aliphatic rings. The van der Waals surface area contributed by atoms with Gasteiger partial charge in [-0.3, -0.25) is 9.59 Å². The molecular formula is C19H26ClN3O2. The Labute approximate surface area is 154 Å². The Kier molecular flexibility index (Phi) is 5.84. The van der Waals surface area contributed by atoms with Crippen LogP contribution in [-0.4, -0.2) is 60.4 Å². The Morgan fingerprint density at radius 2 is 1.84 bits per heavy atom. The number of hydrogen-bond acceptors (Lipinski definition) is 3. The van der Waals surface area contributed by atoms with Crippen molar-refractivity contribution in [3.05, 3.63) is 29.3 Å². The average molecular weight is 364 g/mol. The number of piperidine rings is 1. The minimum absolute atomic E-state index is 0.220. The van der Waals surface area contributed by atoms with E-state index in [-0.39, 0.29) is 17.9 Å². The predicted octanol–water partition coefficient (Wildman–Crippen LogP) is 2.78. The fourth-order valence-electron chi connectivity index (χ4n) is 3.79. The topological polar surface area (TPSA) is 43.9 Å². The molecule has 2 aliphatic heterocycles. The van der Waals surface area contributed by atoms with E-state index < -0.39 is 0 Å². The van der Waals surface area contributed by atoms with Gasteiger partial charge in [-0.2, -0.15) is 0 Å². The molecule has 1 aromatic rings. The van der Waals surface area contributed by atoms with Crippen molar-refractivity contribution in [3.63, 3.8) is 0 Å². The lowest BCUT2D eigenvalue weighted by atomic mass is 10.00. The Bertz CT molecular complexity index is 629. The van der Waals surface area contributed by atoms with Crippen molar-refractivity contribution in [2.45, 2.75) is 38.6 Å². The number of halogens is 1. The second-order valence-electron chi connectivity index (χ2n) is 6.82. The van der Waals surface area contributed by atoms with E-state index in [1.165, 1.54) is 0 Å². The number of amides is 2. The first-order valence-electron chi connectivity index (χ1n) is 9.20. The highest BCUT2D eigenvalue weighted by molar-refractivity contribution is 6.35. The molecule has 25 heavy (non-hydrogen) atoms. The van der Waals surface area contributed by atoms with Crippen LogP contribution in [0.2, 0.25) is 5.02 Å². The van der Waals surface area contributed by atoms with Gasteiger partial charge >= 0.3 is 11.8 Å². The highest BCUT2D eigenvalue weighted by atomic mass is 35.5. The van der Waals surface area contributed by atoms with Crippen molar-refractivity contribution in [1.29, 1.82) is 0 Å². The molecule has 0 spiro atoms. The molecule has 2 fully saturated rings. The van der Waals surface area contributed by atoms with Crippen molar-refractivity contribution in [1.82, 2.24) is 9.80 Å². The molecule has 1 unspecified atom stereocenters. The molecule has 1 atom stereocenters. The maximum Gasteiger partial charge on any atom is 0.312 e. The van der Waals surface area contributed by atoms with Crippen LogP contribution in [0.25, 0.3) is 0 Å². The van der Waals surface area contributed by atoms with Crippen LogP contribution in [0, 0.1) is 0 Å². The summed E-state index contributed by atoms with van der Waals surface area (Å²) in [5.74, 6) is -0.658. The summed E-state index contributed by atoms with van der Waals surface area (Å²) in [5, 5.41) is 0.710. The van der Waals surface area contributed by atoms with Gasteiger partial charge < -0.3 is 14.7 Å². The van der Waals surface area contributed by atoms with E-state index in [0.717, 1.165) is 44.5 Å². The normalized spacial score (nSPS) is 21.4. The minimum atomic E-state index is -0.342. The molecule has 1 aromatic carbocycles. The fourth-order valence-corrected chi connectivity index (χ4v) is 3.98. The van der Waals surface area contributed by atoms with Gasteiger partial charge in [0.1, 0.15) is 0 Å². The number of carbonyl (C=O) groups is 2. The monoisotopic (exact) mass is 363 g/mol. The molecule has 0 aromatic heterocycles. The van der Waals surface area contributed by atoms with Crippen molar-refractivity contribution >= 4 is 29.1 Å². The van der Waals surface area contributed by atoms with Gasteiger partial charge in [0.25, 0.3) is 0 Å². The second kappa shape index (κ2) is 8.09. The van der Waals surface area contributed by atoms with Crippen molar-refractivity contribution in [3.8, 4) is 0 Å². The van der Waals surface area contributed by atoms with Crippen molar-refractivity contribution in [2.75, 3.05) is 37.6 Å². The van der Waals surface area contributed by atoms with Crippen LogP contribution in [-0.2, 0) is 9.59 Å². The Morgan fingerprint density at radius 3 is 2.52 bits per heavy atom. The SMILES string of the molecule is CCC1CCCCN1C(=O)C(=O)N1CCN(c2cccc(Cl)c2)CC1. The molecule has 0 bridgehead atoms. The zero-order valence-corrected chi connectivity index (χ0v) is 15.5. The largest absolute Gasteiger partial charge is 0.368 e. The molecule has 2 saturated heterocycles. The number of nitrogens with zero attached hydrogens (tertiary/aromatic N) is 3. The molecule has 2 heterocycles. The first-order chi connectivity index (χ1) is 12.1. The number of hydrogen-bond donors (Lipinski definition) is 0. The average Bonchev–Trinajstić information content (AvgIpc) is 2.67. The summed E-state index contributed by atoms with van der Waals surface area (Å²) < 4.78 is 0. The van der Waals surface area contributed by atoms with E-state index in [1.807, 2.05) is 24.3 Å². The van der Waals surface area contributed by atoms with Crippen LogP contribution in [0.4, 0.5) is 5.69 Å². The van der Waals surface area contributed by atoms with Crippen molar-refractivity contribution < 1.29 is 9.59 Å². The summed E-state index contributed by atoms with van der Waals surface area (Å²) in [7, 11) is 0. The first-order valence-corrected chi connectivity index (χ1v) is 9.58. The number of carbonyl (C=O) groups excluding carboxylic acids is 2. The molecule has 6 heteroatoms. The molecular weight excluding hydrogens is 338 g/mol.